The second kappa shape index (κ2) is 7.09. The monoisotopic (exact) mass is 196 g/mol. The van der Waals surface area contributed by atoms with Gasteiger partial charge in [-0.2, -0.15) is 4.62 Å². The molecule has 0 aliphatic heterocycles. The average molecular weight is 196 g/mol. The Hall–Kier alpha value is -0.580. The van der Waals surface area contributed by atoms with Crippen molar-refractivity contribution in [2.45, 2.75) is 19.8 Å². The predicted molar refractivity (Wildman–Crippen MR) is 43.7 cm³/mol. The van der Waals surface area contributed by atoms with E-state index in [1.807, 2.05) is 6.92 Å². The Morgan fingerprint density at radius 1 is 1.67 bits per heavy atom. The van der Waals surface area contributed by atoms with E-state index in [-0.39, 0.29) is 0 Å². The first-order valence-corrected chi connectivity index (χ1v) is 4.78. The van der Waals surface area contributed by atoms with Gasteiger partial charge in [0, 0.05) is 0 Å². The molecule has 0 aromatic rings. The van der Waals surface area contributed by atoms with Crippen LogP contribution >= 0.6 is 8.25 Å². The highest BCUT2D eigenvalue weighted by Crippen LogP contribution is 2.21. The molecule has 3 N–H and O–H groups in total. The van der Waals surface area contributed by atoms with Crippen molar-refractivity contribution in [3.05, 3.63) is 0 Å². The van der Waals surface area contributed by atoms with E-state index >= 15 is 0 Å². The second-order valence-corrected chi connectivity index (χ2v) is 3.01. The summed E-state index contributed by atoms with van der Waals surface area (Å²) in [5.74, 6) is 0. The van der Waals surface area contributed by atoms with Gasteiger partial charge in [0.2, 0.25) is 0 Å². The number of primary amides is 1. The summed E-state index contributed by atoms with van der Waals surface area (Å²) >= 11 is 0. The van der Waals surface area contributed by atoms with E-state index in [4.69, 9.17) is 0 Å². The summed E-state index contributed by atoms with van der Waals surface area (Å²) < 4.78 is 19.6. The van der Waals surface area contributed by atoms with Gasteiger partial charge in [0.15, 0.2) is 0 Å². The van der Waals surface area contributed by atoms with E-state index in [1.165, 1.54) is 0 Å². The number of carbonyl (C=O) groups excluding carboxylic acids is 1. The van der Waals surface area contributed by atoms with Crippen molar-refractivity contribution in [3.63, 3.8) is 0 Å². The first-order chi connectivity index (χ1) is 5.66. The molecule has 6 nitrogen and oxygen atoms in total. The zero-order valence-electron chi connectivity index (χ0n) is 6.83. The smallest absolute Gasteiger partial charge is 0.340 e. The standard InChI is InChI=1S/C5H13N2O4P/c1-2-3-4-10-12(9)11-7-5(6)8/h12H,2-4H2,1H3,(H3,6,7,8). The van der Waals surface area contributed by atoms with Crippen molar-refractivity contribution >= 4 is 14.3 Å². The molecular formula is C5H13N2O4P. The van der Waals surface area contributed by atoms with E-state index in [0.717, 1.165) is 12.8 Å². The third kappa shape index (κ3) is 7.53. The summed E-state index contributed by atoms with van der Waals surface area (Å²) in [6, 6.07) is -0.896. The summed E-state index contributed by atoms with van der Waals surface area (Å²) in [6.45, 7) is 2.33. The number of nitrogens with two attached hydrogens (primary N) is 1. The largest absolute Gasteiger partial charge is 0.350 e. The topological polar surface area (TPSA) is 90.7 Å². The zero-order chi connectivity index (χ0) is 9.40. The normalized spacial score (nSPS) is 12.4. The van der Waals surface area contributed by atoms with E-state index < -0.39 is 14.3 Å². The van der Waals surface area contributed by atoms with Gasteiger partial charge in [-0.05, 0) is 6.42 Å². The number of nitrogens with one attached hydrogen (secondary N) is 1. The van der Waals surface area contributed by atoms with Crippen LogP contribution in [0.4, 0.5) is 4.79 Å². The highest BCUT2D eigenvalue weighted by Gasteiger charge is 1.99. The van der Waals surface area contributed by atoms with E-state index in [1.54, 1.807) is 5.48 Å². The van der Waals surface area contributed by atoms with Crippen LogP contribution in [0.3, 0.4) is 0 Å². The number of rotatable bonds is 6. The Balaban J connectivity index is 3.28. The molecule has 2 amide bonds. The molecule has 0 aromatic carbocycles. The fourth-order valence-electron chi connectivity index (χ4n) is 0.421. The Bertz CT molecular complexity index is 164. The lowest BCUT2D eigenvalue weighted by Gasteiger charge is -2.02. The molecule has 1 atom stereocenters. The fraction of sp³-hybridized carbons (Fsp3) is 0.800. The summed E-state index contributed by atoms with van der Waals surface area (Å²) in [7, 11) is -2.62. The lowest BCUT2D eigenvalue weighted by atomic mass is 10.4. The number of hydroxylamine groups is 1. The summed E-state index contributed by atoms with van der Waals surface area (Å²) in [5, 5.41) is 0. The fourth-order valence-corrected chi connectivity index (χ4v) is 0.975. The van der Waals surface area contributed by atoms with Gasteiger partial charge in [0.05, 0.1) is 6.61 Å². The Kier molecular flexibility index (Phi) is 6.75. The molecule has 1 unspecified atom stereocenters. The molecule has 0 spiro atoms. The minimum Gasteiger partial charge on any atom is -0.350 e. The van der Waals surface area contributed by atoms with Crippen molar-refractivity contribution in [2.24, 2.45) is 5.73 Å². The van der Waals surface area contributed by atoms with Crippen LogP contribution in [0.15, 0.2) is 0 Å². The van der Waals surface area contributed by atoms with Crippen LogP contribution in [0.2, 0.25) is 0 Å². The summed E-state index contributed by atoms with van der Waals surface area (Å²) in [6.07, 6.45) is 1.74. The lowest BCUT2D eigenvalue weighted by molar-refractivity contribution is 0.160. The molecule has 0 fully saturated rings. The Morgan fingerprint density at radius 2 is 2.33 bits per heavy atom. The van der Waals surface area contributed by atoms with Crippen molar-refractivity contribution in [2.75, 3.05) is 6.61 Å². The number of carbonyl (C=O) groups is 1. The molecule has 0 aromatic heterocycles. The van der Waals surface area contributed by atoms with Crippen LogP contribution in [0.5, 0.6) is 0 Å². The average Bonchev–Trinajstić information content (AvgIpc) is 2.01. The zero-order valence-corrected chi connectivity index (χ0v) is 7.83. The van der Waals surface area contributed by atoms with Gasteiger partial charge in [-0.15, -0.1) is 0 Å². The first kappa shape index (κ1) is 11.4. The molecule has 0 saturated carbocycles. The number of hydrogen-bond acceptors (Lipinski definition) is 4. The van der Waals surface area contributed by atoms with Gasteiger partial charge in [-0.3, -0.25) is 4.57 Å². The number of unbranched alkanes of at least 4 members (excludes halogenated alkanes) is 1. The van der Waals surface area contributed by atoms with Crippen molar-refractivity contribution < 1.29 is 18.5 Å². The van der Waals surface area contributed by atoms with Gasteiger partial charge in [-0.1, -0.05) is 13.3 Å². The molecule has 0 radical (unpaired) electrons. The minimum atomic E-state index is -2.62. The molecule has 0 saturated heterocycles. The predicted octanol–water partition coefficient (Wildman–Crippen LogP) is 0.793. The molecule has 0 heterocycles. The molecule has 12 heavy (non-hydrogen) atoms. The maximum Gasteiger partial charge on any atom is 0.340 e. The highest BCUT2D eigenvalue weighted by atomic mass is 31.1. The molecule has 0 aliphatic carbocycles. The first-order valence-electron chi connectivity index (χ1n) is 3.56. The molecule has 0 rings (SSSR count). The van der Waals surface area contributed by atoms with Gasteiger partial charge in [0.1, 0.15) is 0 Å². The highest BCUT2D eigenvalue weighted by molar-refractivity contribution is 7.33. The van der Waals surface area contributed by atoms with E-state index in [0.29, 0.717) is 6.61 Å². The number of hydrogen-bond donors (Lipinski definition) is 2. The minimum absolute atomic E-state index is 0.356. The van der Waals surface area contributed by atoms with Crippen LogP contribution in [0, 0.1) is 0 Å². The summed E-state index contributed by atoms with van der Waals surface area (Å²) in [4.78, 5) is 10.0. The van der Waals surface area contributed by atoms with Gasteiger partial charge >= 0.3 is 14.3 Å². The van der Waals surface area contributed by atoms with Crippen LogP contribution < -0.4 is 11.2 Å². The van der Waals surface area contributed by atoms with E-state index in [2.05, 4.69) is 14.9 Å². The third-order valence-corrected chi connectivity index (χ3v) is 1.66. The quantitative estimate of drug-likeness (QED) is 0.373. The van der Waals surface area contributed by atoms with Crippen molar-refractivity contribution in [1.82, 2.24) is 5.48 Å². The van der Waals surface area contributed by atoms with Crippen molar-refractivity contribution in [1.29, 1.82) is 0 Å². The second-order valence-electron chi connectivity index (χ2n) is 2.02. The van der Waals surface area contributed by atoms with Crippen LogP contribution in [-0.2, 0) is 13.7 Å². The molecule has 0 aliphatic rings. The van der Waals surface area contributed by atoms with Crippen LogP contribution in [-0.4, -0.2) is 12.6 Å². The third-order valence-electron chi connectivity index (χ3n) is 0.953. The SMILES string of the molecule is CCCCO[PH](=O)ONC(N)=O. The van der Waals surface area contributed by atoms with E-state index in [9.17, 15) is 9.36 Å². The molecule has 0 bridgehead atoms. The van der Waals surface area contributed by atoms with Crippen LogP contribution in [0.1, 0.15) is 19.8 Å². The van der Waals surface area contributed by atoms with Crippen molar-refractivity contribution in [3.8, 4) is 0 Å². The maximum absolute atomic E-state index is 10.7. The molecular weight excluding hydrogens is 183 g/mol. The van der Waals surface area contributed by atoms with Gasteiger partial charge < -0.3 is 10.3 Å². The van der Waals surface area contributed by atoms with Crippen LogP contribution in [0.25, 0.3) is 0 Å². The van der Waals surface area contributed by atoms with Gasteiger partial charge in [-0.25, -0.2) is 10.3 Å². The maximum atomic E-state index is 10.7. The number of urea groups is 1. The molecule has 7 heteroatoms. The Labute approximate surface area is 71.3 Å². The number of amides is 2. The lowest BCUT2D eigenvalue weighted by Crippen LogP contribution is -2.27. The molecule has 72 valence electrons. The summed E-state index contributed by atoms with van der Waals surface area (Å²) in [5.41, 5.74) is 6.36. The Morgan fingerprint density at radius 3 is 2.83 bits per heavy atom. The van der Waals surface area contributed by atoms with Gasteiger partial charge in [0.25, 0.3) is 0 Å².